The van der Waals surface area contributed by atoms with Gasteiger partial charge in [0, 0.05) is 6.42 Å². The summed E-state index contributed by atoms with van der Waals surface area (Å²) in [5.74, 6) is 0.125. The van der Waals surface area contributed by atoms with Crippen LogP contribution in [-0.2, 0) is 20.7 Å². The second-order valence-corrected chi connectivity index (χ2v) is 7.01. The van der Waals surface area contributed by atoms with Crippen molar-refractivity contribution in [2.75, 3.05) is 6.61 Å². The number of esters is 1. The Morgan fingerprint density at radius 3 is 2.57 bits per heavy atom. The highest BCUT2D eigenvalue weighted by atomic mass is 16.6. The highest BCUT2D eigenvalue weighted by Crippen LogP contribution is 2.22. The number of rotatable bonds is 9. The lowest BCUT2D eigenvalue weighted by molar-refractivity contribution is -0.169. The van der Waals surface area contributed by atoms with Gasteiger partial charge in [-0.05, 0) is 43.9 Å². The maximum Gasteiger partial charge on any atom is 0.335 e. The molecule has 130 valence electrons. The lowest BCUT2D eigenvalue weighted by atomic mass is 10.0. The molecule has 4 nitrogen and oxygen atoms in total. The molecular formula is C19H30O4. The van der Waals surface area contributed by atoms with Gasteiger partial charge in [0.2, 0.25) is 0 Å². The van der Waals surface area contributed by atoms with Crippen molar-refractivity contribution in [2.24, 2.45) is 5.92 Å². The first kappa shape index (κ1) is 19.5. The maximum atomic E-state index is 12.4. The molecule has 1 aromatic carbocycles. The lowest BCUT2D eigenvalue weighted by Crippen LogP contribution is -2.38. The number of ether oxygens (including phenoxy) is 2. The number of carbonyl (C=O) groups excluding carboxylic acids is 1. The van der Waals surface area contributed by atoms with Gasteiger partial charge in [0.05, 0.1) is 12.2 Å². The summed E-state index contributed by atoms with van der Waals surface area (Å²) in [6.45, 7) is 10.4. The molecule has 1 rings (SSSR count). The largest absolute Gasteiger partial charge is 0.508 e. The van der Waals surface area contributed by atoms with Crippen LogP contribution in [0.15, 0.2) is 24.3 Å². The minimum Gasteiger partial charge on any atom is -0.508 e. The fraction of sp³-hybridized carbons (Fsp3) is 0.632. The Kier molecular flexibility index (Phi) is 7.56. The lowest BCUT2D eigenvalue weighted by Gasteiger charge is -2.30. The van der Waals surface area contributed by atoms with Gasteiger partial charge < -0.3 is 14.6 Å². The van der Waals surface area contributed by atoms with Gasteiger partial charge in [-0.1, -0.05) is 39.3 Å². The molecule has 0 aliphatic heterocycles. The highest BCUT2D eigenvalue weighted by molar-refractivity contribution is 5.75. The molecule has 4 heteroatoms. The van der Waals surface area contributed by atoms with E-state index in [2.05, 4.69) is 6.92 Å². The third kappa shape index (κ3) is 7.51. The average Bonchev–Trinajstić information content (AvgIpc) is 2.43. The van der Waals surface area contributed by atoms with E-state index in [1.807, 2.05) is 33.8 Å². The topological polar surface area (TPSA) is 55.8 Å². The standard InChI is InChI=1S/C19H30O4/c1-6-10-19(4,5)23-17(18(21)22-13-14(2)3)12-15-8-7-9-16(20)11-15/h7-9,11,14,17,20H,6,10,12-13H2,1-5H3. The second kappa shape index (κ2) is 8.92. The number of benzene rings is 1. The Morgan fingerprint density at radius 1 is 1.30 bits per heavy atom. The number of hydrogen-bond acceptors (Lipinski definition) is 4. The number of phenols is 1. The molecule has 0 radical (unpaired) electrons. The first-order chi connectivity index (χ1) is 10.7. The van der Waals surface area contributed by atoms with Crippen LogP contribution in [0, 0.1) is 5.92 Å². The van der Waals surface area contributed by atoms with E-state index >= 15 is 0 Å². The van der Waals surface area contributed by atoms with Gasteiger partial charge >= 0.3 is 5.97 Å². The first-order valence-electron chi connectivity index (χ1n) is 8.36. The highest BCUT2D eigenvalue weighted by Gasteiger charge is 2.29. The normalized spacial score (nSPS) is 13.1. The third-order valence-corrected chi connectivity index (χ3v) is 3.47. The smallest absolute Gasteiger partial charge is 0.335 e. The SMILES string of the molecule is CCCC(C)(C)OC(Cc1cccc(O)c1)C(=O)OCC(C)C. The van der Waals surface area contributed by atoms with Crippen LogP contribution in [0.25, 0.3) is 0 Å². The van der Waals surface area contributed by atoms with Crippen LogP contribution in [-0.4, -0.2) is 29.4 Å². The number of hydrogen-bond donors (Lipinski definition) is 1. The van der Waals surface area contributed by atoms with Crippen molar-refractivity contribution in [3.05, 3.63) is 29.8 Å². The molecule has 1 N–H and O–H groups in total. The Hall–Kier alpha value is -1.55. The molecule has 0 aromatic heterocycles. The summed E-state index contributed by atoms with van der Waals surface area (Å²) in [6.07, 6.45) is 1.56. The van der Waals surface area contributed by atoms with Crippen molar-refractivity contribution < 1.29 is 19.4 Å². The van der Waals surface area contributed by atoms with Gasteiger partial charge in [0.1, 0.15) is 5.75 Å². The van der Waals surface area contributed by atoms with E-state index in [0.717, 1.165) is 18.4 Å². The fourth-order valence-corrected chi connectivity index (χ4v) is 2.46. The Balaban J connectivity index is 2.84. The summed E-state index contributed by atoms with van der Waals surface area (Å²) < 4.78 is 11.4. The molecular weight excluding hydrogens is 292 g/mol. The molecule has 1 aromatic rings. The number of carbonyl (C=O) groups is 1. The van der Waals surface area contributed by atoms with Crippen LogP contribution < -0.4 is 0 Å². The summed E-state index contributed by atoms with van der Waals surface area (Å²) in [5.41, 5.74) is 0.455. The monoisotopic (exact) mass is 322 g/mol. The van der Waals surface area contributed by atoms with Crippen molar-refractivity contribution in [1.82, 2.24) is 0 Å². The molecule has 0 saturated heterocycles. The van der Waals surface area contributed by atoms with Crippen LogP contribution >= 0.6 is 0 Å². The van der Waals surface area contributed by atoms with Crippen molar-refractivity contribution in [2.45, 2.75) is 65.6 Å². The molecule has 0 aliphatic rings. The molecule has 0 saturated carbocycles. The first-order valence-corrected chi connectivity index (χ1v) is 8.36. The zero-order chi connectivity index (χ0) is 17.5. The van der Waals surface area contributed by atoms with Crippen LogP contribution in [0.2, 0.25) is 0 Å². The molecule has 23 heavy (non-hydrogen) atoms. The average molecular weight is 322 g/mol. The van der Waals surface area contributed by atoms with Crippen molar-refractivity contribution in [3.63, 3.8) is 0 Å². The summed E-state index contributed by atoms with van der Waals surface area (Å²) in [4.78, 5) is 12.4. The van der Waals surface area contributed by atoms with E-state index in [9.17, 15) is 9.90 Å². The van der Waals surface area contributed by atoms with Gasteiger partial charge in [-0.3, -0.25) is 0 Å². The summed E-state index contributed by atoms with van der Waals surface area (Å²) >= 11 is 0. The maximum absolute atomic E-state index is 12.4. The van der Waals surface area contributed by atoms with Gasteiger partial charge in [0.25, 0.3) is 0 Å². The third-order valence-electron chi connectivity index (χ3n) is 3.47. The number of phenolic OH excluding ortho intramolecular Hbond substituents is 1. The molecule has 1 unspecified atom stereocenters. The van der Waals surface area contributed by atoms with Gasteiger partial charge in [-0.25, -0.2) is 4.79 Å². The van der Waals surface area contributed by atoms with Crippen molar-refractivity contribution >= 4 is 5.97 Å². The van der Waals surface area contributed by atoms with Crippen LogP contribution in [0.1, 0.15) is 53.0 Å². The van der Waals surface area contributed by atoms with Gasteiger partial charge in [-0.15, -0.1) is 0 Å². The van der Waals surface area contributed by atoms with Crippen LogP contribution in [0.3, 0.4) is 0 Å². The Morgan fingerprint density at radius 2 is 2.00 bits per heavy atom. The van der Waals surface area contributed by atoms with Crippen molar-refractivity contribution in [3.8, 4) is 5.75 Å². The summed E-state index contributed by atoms with van der Waals surface area (Å²) in [7, 11) is 0. The Bertz CT molecular complexity index is 494. The van der Waals surface area contributed by atoms with E-state index in [0.29, 0.717) is 13.0 Å². The molecule has 0 amide bonds. The van der Waals surface area contributed by atoms with Crippen molar-refractivity contribution in [1.29, 1.82) is 0 Å². The van der Waals surface area contributed by atoms with Crippen LogP contribution in [0.4, 0.5) is 0 Å². The second-order valence-electron chi connectivity index (χ2n) is 7.01. The zero-order valence-electron chi connectivity index (χ0n) is 15.0. The predicted molar refractivity (Wildman–Crippen MR) is 91.5 cm³/mol. The molecule has 0 bridgehead atoms. The van der Waals surface area contributed by atoms with E-state index in [4.69, 9.17) is 9.47 Å². The van der Waals surface area contributed by atoms with E-state index in [1.165, 1.54) is 0 Å². The van der Waals surface area contributed by atoms with Gasteiger partial charge in [-0.2, -0.15) is 0 Å². The minimum atomic E-state index is -0.669. The quantitative estimate of drug-likeness (QED) is 0.696. The summed E-state index contributed by atoms with van der Waals surface area (Å²) in [6, 6.07) is 6.90. The van der Waals surface area contributed by atoms with E-state index in [-0.39, 0.29) is 17.6 Å². The molecule has 0 spiro atoms. The number of aromatic hydroxyl groups is 1. The van der Waals surface area contributed by atoms with Crippen LogP contribution in [0.5, 0.6) is 5.75 Å². The molecule has 0 heterocycles. The predicted octanol–water partition coefficient (Wildman–Crippen LogP) is 4.10. The van der Waals surface area contributed by atoms with Gasteiger partial charge in [0.15, 0.2) is 6.10 Å². The van der Waals surface area contributed by atoms with E-state index in [1.54, 1.807) is 18.2 Å². The Labute approximate surface area is 139 Å². The fourth-order valence-electron chi connectivity index (χ4n) is 2.46. The van der Waals surface area contributed by atoms with E-state index < -0.39 is 11.7 Å². The minimum absolute atomic E-state index is 0.185. The molecule has 0 aliphatic carbocycles. The zero-order valence-corrected chi connectivity index (χ0v) is 15.0. The summed E-state index contributed by atoms with van der Waals surface area (Å²) in [5, 5.41) is 9.60. The molecule has 0 fully saturated rings. The molecule has 1 atom stereocenters.